The molecule has 0 aromatic heterocycles. The van der Waals surface area contributed by atoms with Crippen molar-refractivity contribution in [1.82, 2.24) is 4.90 Å². The van der Waals surface area contributed by atoms with Crippen LogP contribution < -0.4 is 4.74 Å². The molecule has 0 unspecified atom stereocenters. The topological polar surface area (TPSA) is 97.3 Å². The summed E-state index contributed by atoms with van der Waals surface area (Å²) in [6.07, 6.45) is 1.55. The van der Waals surface area contributed by atoms with Crippen molar-refractivity contribution in [2.45, 2.75) is 6.54 Å². The number of halogens is 1. The Balaban J connectivity index is 1.98. The maximum Gasteiger partial charge on any atom is 0.231 e. The van der Waals surface area contributed by atoms with E-state index in [1.165, 1.54) is 12.1 Å². The third kappa shape index (κ3) is 3.78. The zero-order valence-corrected chi connectivity index (χ0v) is 14.9. The van der Waals surface area contributed by atoms with Crippen LogP contribution in [0.2, 0.25) is 5.02 Å². The molecular weight excluding hydrogens is 366 g/mol. The van der Waals surface area contributed by atoms with E-state index in [4.69, 9.17) is 26.9 Å². The fourth-order valence-corrected chi connectivity index (χ4v) is 2.96. The first kappa shape index (κ1) is 18.5. The molecule has 0 spiro atoms. The minimum atomic E-state index is -0.321. The summed E-state index contributed by atoms with van der Waals surface area (Å²) in [5.74, 6) is -0.0593. The highest BCUT2D eigenvalue weighted by atomic mass is 35.5. The van der Waals surface area contributed by atoms with Crippen molar-refractivity contribution >= 4 is 23.5 Å². The van der Waals surface area contributed by atoms with Crippen molar-refractivity contribution in [2.75, 3.05) is 13.1 Å². The Morgan fingerprint density at radius 1 is 1.15 bits per heavy atom. The van der Waals surface area contributed by atoms with Crippen molar-refractivity contribution in [3.63, 3.8) is 0 Å². The number of ketones is 1. The predicted molar refractivity (Wildman–Crippen MR) is 99.0 cm³/mol. The molecule has 6 nitrogen and oxygen atoms in total. The monoisotopic (exact) mass is 379 g/mol. The van der Waals surface area contributed by atoms with Gasteiger partial charge in [-0.1, -0.05) is 29.8 Å². The zero-order chi connectivity index (χ0) is 19.4. The van der Waals surface area contributed by atoms with E-state index in [0.717, 1.165) is 0 Å². The SMILES string of the molecule is N#CCN(CC#N)Cc1c(O)ccc2c1OC(=Cc1ccccc1Cl)C2=O. The summed E-state index contributed by atoms with van der Waals surface area (Å²) in [5, 5.41) is 28.5. The number of phenols is 1. The Morgan fingerprint density at radius 3 is 2.52 bits per heavy atom. The number of nitrogens with zero attached hydrogens (tertiary/aromatic N) is 3. The average molecular weight is 380 g/mol. The molecule has 0 amide bonds. The third-order valence-corrected chi connectivity index (χ3v) is 4.42. The van der Waals surface area contributed by atoms with Gasteiger partial charge in [-0.3, -0.25) is 9.69 Å². The van der Waals surface area contributed by atoms with Gasteiger partial charge in [0.1, 0.15) is 11.5 Å². The Bertz CT molecular complexity index is 1000. The second-order valence-corrected chi connectivity index (χ2v) is 6.27. The number of hydrogen-bond acceptors (Lipinski definition) is 6. The van der Waals surface area contributed by atoms with Gasteiger partial charge >= 0.3 is 0 Å². The summed E-state index contributed by atoms with van der Waals surface area (Å²) in [5.41, 5.74) is 1.31. The zero-order valence-electron chi connectivity index (χ0n) is 14.1. The standard InChI is InChI=1S/C20H14ClN3O3/c21-16-4-2-1-3-13(16)11-18-19(26)14-5-6-17(25)15(20(14)27-18)12-24(9-7-22)10-8-23/h1-6,11,25H,9-10,12H2. The first-order valence-electron chi connectivity index (χ1n) is 8.05. The Kier molecular flexibility index (Phi) is 5.42. The van der Waals surface area contributed by atoms with Crippen LogP contribution in [0.25, 0.3) is 6.08 Å². The first-order chi connectivity index (χ1) is 13.0. The highest BCUT2D eigenvalue weighted by Crippen LogP contribution is 2.40. The highest BCUT2D eigenvalue weighted by Gasteiger charge is 2.31. The summed E-state index contributed by atoms with van der Waals surface area (Å²) < 4.78 is 5.75. The number of ether oxygens (including phenoxy) is 1. The molecule has 0 saturated heterocycles. The van der Waals surface area contributed by atoms with Crippen molar-refractivity contribution in [3.8, 4) is 23.6 Å². The molecule has 0 bridgehead atoms. The molecule has 1 N–H and O–H groups in total. The van der Waals surface area contributed by atoms with Crippen molar-refractivity contribution in [2.24, 2.45) is 0 Å². The van der Waals surface area contributed by atoms with Gasteiger partial charge in [-0.25, -0.2) is 0 Å². The molecular formula is C20H14ClN3O3. The highest BCUT2D eigenvalue weighted by molar-refractivity contribution is 6.32. The van der Waals surface area contributed by atoms with E-state index in [-0.39, 0.29) is 42.7 Å². The van der Waals surface area contributed by atoms with Gasteiger partial charge in [0.25, 0.3) is 0 Å². The lowest BCUT2D eigenvalue weighted by Crippen LogP contribution is -2.24. The number of hydrogen-bond donors (Lipinski definition) is 1. The van der Waals surface area contributed by atoms with Gasteiger partial charge in [0.05, 0.1) is 36.4 Å². The van der Waals surface area contributed by atoms with Gasteiger partial charge in [-0.05, 0) is 29.8 Å². The fraction of sp³-hybridized carbons (Fsp3) is 0.150. The normalized spacial score (nSPS) is 13.9. The van der Waals surface area contributed by atoms with Crippen molar-refractivity contribution in [3.05, 3.63) is 63.9 Å². The Labute approximate surface area is 161 Å². The summed E-state index contributed by atoms with van der Waals surface area (Å²) >= 11 is 6.14. The summed E-state index contributed by atoms with van der Waals surface area (Å²) in [7, 11) is 0. The second-order valence-electron chi connectivity index (χ2n) is 5.86. The number of carbonyl (C=O) groups excluding carboxylic acids is 1. The number of allylic oxidation sites excluding steroid dienone is 1. The van der Waals surface area contributed by atoms with Crippen LogP contribution in [0, 0.1) is 22.7 Å². The molecule has 134 valence electrons. The number of Topliss-reactive ketones (excluding diaryl/α,β-unsaturated/α-hetero) is 1. The molecule has 27 heavy (non-hydrogen) atoms. The maximum atomic E-state index is 12.7. The quantitative estimate of drug-likeness (QED) is 0.630. The van der Waals surface area contributed by atoms with Crippen LogP contribution in [0.15, 0.2) is 42.2 Å². The van der Waals surface area contributed by atoms with E-state index < -0.39 is 0 Å². The lowest BCUT2D eigenvalue weighted by molar-refractivity contribution is 0.101. The molecule has 2 aromatic rings. The van der Waals surface area contributed by atoms with E-state index in [2.05, 4.69) is 0 Å². The number of aromatic hydroxyl groups is 1. The smallest absolute Gasteiger partial charge is 0.231 e. The van der Waals surface area contributed by atoms with Crippen LogP contribution in [-0.2, 0) is 6.54 Å². The molecule has 0 atom stereocenters. The number of rotatable bonds is 5. The number of fused-ring (bicyclic) bond motifs is 1. The number of phenolic OH excluding ortho intramolecular Hbond substituents is 1. The molecule has 0 radical (unpaired) electrons. The number of benzene rings is 2. The van der Waals surface area contributed by atoms with Gasteiger partial charge in [0.15, 0.2) is 5.76 Å². The van der Waals surface area contributed by atoms with Crippen LogP contribution in [-0.4, -0.2) is 28.9 Å². The van der Waals surface area contributed by atoms with E-state index in [9.17, 15) is 9.90 Å². The minimum Gasteiger partial charge on any atom is -0.507 e. The molecule has 7 heteroatoms. The van der Waals surface area contributed by atoms with Gasteiger partial charge in [-0.2, -0.15) is 10.5 Å². The molecule has 0 aliphatic carbocycles. The lowest BCUT2D eigenvalue weighted by Gasteiger charge is -2.17. The van der Waals surface area contributed by atoms with Gasteiger partial charge in [0.2, 0.25) is 5.78 Å². The van der Waals surface area contributed by atoms with Crippen LogP contribution >= 0.6 is 11.6 Å². The summed E-state index contributed by atoms with van der Waals surface area (Å²) in [6, 6.07) is 13.9. The predicted octanol–water partition coefficient (Wildman–Crippen LogP) is 3.51. The number of carbonyl (C=O) groups is 1. The Morgan fingerprint density at radius 2 is 1.85 bits per heavy atom. The van der Waals surface area contributed by atoms with Crippen molar-refractivity contribution < 1.29 is 14.6 Å². The number of nitriles is 2. The lowest BCUT2D eigenvalue weighted by atomic mass is 10.0. The average Bonchev–Trinajstić information content (AvgIpc) is 2.96. The Hall–Kier alpha value is -3.32. The largest absolute Gasteiger partial charge is 0.507 e. The third-order valence-electron chi connectivity index (χ3n) is 4.08. The van der Waals surface area contributed by atoms with E-state index in [1.54, 1.807) is 35.2 Å². The van der Waals surface area contributed by atoms with Gasteiger partial charge in [-0.15, -0.1) is 0 Å². The van der Waals surface area contributed by atoms with Crippen LogP contribution in [0.5, 0.6) is 11.5 Å². The minimum absolute atomic E-state index is 0.00688. The summed E-state index contributed by atoms with van der Waals surface area (Å²) in [6.45, 7) is 0.114. The molecule has 0 fully saturated rings. The summed E-state index contributed by atoms with van der Waals surface area (Å²) in [4.78, 5) is 14.2. The van der Waals surface area contributed by atoms with E-state index in [1.807, 2.05) is 12.1 Å². The van der Waals surface area contributed by atoms with Crippen LogP contribution in [0.1, 0.15) is 21.5 Å². The molecule has 3 rings (SSSR count). The van der Waals surface area contributed by atoms with Crippen LogP contribution in [0.4, 0.5) is 0 Å². The van der Waals surface area contributed by atoms with Crippen molar-refractivity contribution in [1.29, 1.82) is 10.5 Å². The van der Waals surface area contributed by atoms with Gasteiger partial charge < -0.3 is 9.84 Å². The van der Waals surface area contributed by atoms with E-state index >= 15 is 0 Å². The molecule has 1 heterocycles. The molecule has 0 saturated carbocycles. The van der Waals surface area contributed by atoms with E-state index in [0.29, 0.717) is 21.7 Å². The van der Waals surface area contributed by atoms with Gasteiger partial charge in [0, 0.05) is 11.6 Å². The second kappa shape index (κ2) is 7.92. The fourth-order valence-electron chi connectivity index (χ4n) is 2.77. The molecule has 1 aliphatic heterocycles. The molecule has 1 aliphatic rings. The molecule has 2 aromatic carbocycles. The van der Waals surface area contributed by atoms with Crippen LogP contribution in [0.3, 0.4) is 0 Å². The maximum absolute atomic E-state index is 12.7. The first-order valence-corrected chi connectivity index (χ1v) is 8.42.